The van der Waals surface area contributed by atoms with Gasteiger partial charge in [0.05, 0.1) is 4.92 Å². The van der Waals surface area contributed by atoms with E-state index in [0.29, 0.717) is 5.82 Å². The van der Waals surface area contributed by atoms with Gasteiger partial charge in [-0.25, -0.2) is 4.98 Å². The molecule has 6 nitrogen and oxygen atoms in total. The Labute approximate surface area is 117 Å². The van der Waals surface area contributed by atoms with Crippen LogP contribution < -0.4 is 4.90 Å². The molecular formula is C12H17ClN4O2. The van der Waals surface area contributed by atoms with Gasteiger partial charge in [0.2, 0.25) is 11.1 Å². The molecule has 1 saturated carbocycles. The summed E-state index contributed by atoms with van der Waals surface area (Å²) in [6.45, 7) is 2.24. The average Bonchev–Trinajstić information content (AvgIpc) is 2.38. The normalized spacial score (nSPS) is 23.1. The van der Waals surface area contributed by atoms with Gasteiger partial charge >= 0.3 is 5.69 Å². The van der Waals surface area contributed by atoms with Crippen molar-refractivity contribution in [1.29, 1.82) is 0 Å². The fourth-order valence-corrected chi connectivity index (χ4v) is 2.67. The fourth-order valence-electron chi connectivity index (χ4n) is 2.54. The van der Waals surface area contributed by atoms with E-state index in [1.54, 1.807) is 0 Å². The summed E-state index contributed by atoms with van der Waals surface area (Å²) in [5.41, 5.74) is -0.0921. The van der Waals surface area contributed by atoms with Crippen LogP contribution in [0.15, 0.2) is 6.20 Å². The van der Waals surface area contributed by atoms with E-state index in [9.17, 15) is 10.1 Å². The van der Waals surface area contributed by atoms with E-state index in [2.05, 4.69) is 16.9 Å². The molecule has 0 aliphatic heterocycles. The maximum Gasteiger partial charge on any atom is 0.329 e. The topological polar surface area (TPSA) is 72.2 Å². The summed E-state index contributed by atoms with van der Waals surface area (Å²) < 4.78 is 0. The molecule has 1 aromatic rings. The smallest absolute Gasteiger partial charge is 0.329 e. The van der Waals surface area contributed by atoms with Crippen LogP contribution in [0.3, 0.4) is 0 Å². The lowest BCUT2D eigenvalue weighted by Gasteiger charge is -2.33. The highest BCUT2D eigenvalue weighted by atomic mass is 35.5. The zero-order valence-electron chi connectivity index (χ0n) is 11.0. The fraction of sp³-hybridized carbons (Fsp3) is 0.667. The van der Waals surface area contributed by atoms with Crippen molar-refractivity contribution in [2.75, 3.05) is 11.9 Å². The Bertz CT molecular complexity index is 475. The summed E-state index contributed by atoms with van der Waals surface area (Å²) in [6, 6.07) is 0.279. The first kappa shape index (κ1) is 14.0. The number of hydrogen-bond acceptors (Lipinski definition) is 5. The Kier molecular flexibility index (Phi) is 4.19. The van der Waals surface area contributed by atoms with Gasteiger partial charge in [0.15, 0.2) is 0 Å². The lowest BCUT2D eigenvalue weighted by molar-refractivity contribution is -0.384. The molecule has 19 heavy (non-hydrogen) atoms. The Morgan fingerprint density at radius 1 is 1.42 bits per heavy atom. The van der Waals surface area contributed by atoms with Crippen LogP contribution >= 0.6 is 11.6 Å². The van der Waals surface area contributed by atoms with E-state index in [0.717, 1.165) is 31.6 Å². The Hall–Kier alpha value is -1.43. The predicted molar refractivity (Wildman–Crippen MR) is 73.5 cm³/mol. The standard InChI is InChI=1S/C12H17ClN4O2/c1-8-3-5-9(6-4-8)16(2)11-10(17(18)19)7-14-12(13)15-11/h7-9H,3-6H2,1-2H3. The molecular weight excluding hydrogens is 268 g/mol. The third-order valence-corrected chi connectivity index (χ3v) is 3.97. The van der Waals surface area contributed by atoms with E-state index >= 15 is 0 Å². The molecule has 1 aliphatic rings. The van der Waals surface area contributed by atoms with Crippen molar-refractivity contribution in [3.63, 3.8) is 0 Å². The highest BCUT2D eigenvalue weighted by molar-refractivity contribution is 6.28. The number of halogens is 1. The molecule has 0 saturated heterocycles. The molecule has 1 aliphatic carbocycles. The number of hydrogen-bond donors (Lipinski definition) is 0. The third-order valence-electron chi connectivity index (χ3n) is 3.78. The van der Waals surface area contributed by atoms with E-state index < -0.39 is 4.92 Å². The molecule has 0 aromatic carbocycles. The number of nitrogens with zero attached hydrogens (tertiary/aromatic N) is 4. The van der Waals surface area contributed by atoms with E-state index in [4.69, 9.17) is 11.6 Å². The van der Waals surface area contributed by atoms with Crippen LogP contribution in [-0.2, 0) is 0 Å². The Balaban J connectivity index is 2.25. The van der Waals surface area contributed by atoms with Gasteiger partial charge in [0, 0.05) is 13.1 Å². The van der Waals surface area contributed by atoms with Gasteiger partial charge in [-0.15, -0.1) is 0 Å². The van der Waals surface area contributed by atoms with Crippen LogP contribution in [0.2, 0.25) is 5.28 Å². The molecule has 0 atom stereocenters. The predicted octanol–water partition coefficient (Wildman–Crippen LogP) is 3.05. The van der Waals surface area contributed by atoms with E-state index in [-0.39, 0.29) is 17.0 Å². The average molecular weight is 285 g/mol. The lowest BCUT2D eigenvalue weighted by Crippen LogP contribution is -2.35. The second-order valence-corrected chi connectivity index (χ2v) is 5.47. The van der Waals surface area contributed by atoms with Crippen LogP contribution in [-0.4, -0.2) is 28.0 Å². The van der Waals surface area contributed by atoms with Crippen LogP contribution in [0.4, 0.5) is 11.5 Å². The Morgan fingerprint density at radius 2 is 2.05 bits per heavy atom. The third kappa shape index (κ3) is 3.12. The van der Waals surface area contributed by atoms with E-state index in [1.165, 1.54) is 6.20 Å². The minimum atomic E-state index is -0.465. The second-order valence-electron chi connectivity index (χ2n) is 5.13. The highest BCUT2D eigenvalue weighted by Gasteiger charge is 2.28. The van der Waals surface area contributed by atoms with Gasteiger partial charge < -0.3 is 4.90 Å². The molecule has 0 amide bonds. The maximum absolute atomic E-state index is 11.0. The van der Waals surface area contributed by atoms with Crippen LogP contribution in [0.5, 0.6) is 0 Å². The molecule has 0 N–H and O–H groups in total. The quantitative estimate of drug-likeness (QED) is 0.484. The van der Waals surface area contributed by atoms with Crippen molar-refractivity contribution in [2.24, 2.45) is 5.92 Å². The number of aromatic nitrogens is 2. The summed E-state index contributed by atoms with van der Waals surface area (Å²) in [6.07, 6.45) is 5.50. The van der Waals surface area contributed by atoms with Crippen molar-refractivity contribution in [3.05, 3.63) is 21.6 Å². The zero-order chi connectivity index (χ0) is 14.0. The van der Waals surface area contributed by atoms with Crippen molar-refractivity contribution in [3.8, 4) is 0 Å². The van der Waals surface area contributed by atoms with Gasteiger partial charge in [-0.3, -0.25) is 10.1 Å². The molecule has 0 bridgehead atoms. The summed E-state index contributed by atoms with van der Waals surface area (Å²) in [5.74, 6) is 1.04. The van der Waals surface area contributed by atoms with Gasteiger partial charge in [-0.2, -0.15) is 4.98 Å². The summed E-state index contributed by atoms with van der Waals surface area (Å²) >= 11 is 5.76. The summed E-state index contributed by atoms with van der Waals surface area (Å²) in [4.78, 5) is 20.1. The largest absolute Gasteiger partial charge is 0.351 e. The molecule has 0 unspecified atom stereocenters. The van der Waals surface area contributed by atoms with Crippen molar-refractivity contribution < 1.29 is 4.92 Å². The van der Waals surface area contributed by atoms with E-state index in [1.807, 2.05) is 11.9 Å². The Morgan fingerprint density at radius 3 is 2.63 bits per heavy atom. The minimum absolute atomic E-state index is 0.0385. The van der Waals surface area contributed by atoms with Gasteiger partial charge in [0.25, 0.3) is 0 Å². The van der Waals surface area contributed by atoms with Crippen LogP contribution in [0, 0.1) is 16.0 Å². The molecule has 1 fully saturated rings. The minimum Gasteiger partial charge on any atom is -0.351 e. The van der Waals surface area contributed by atoms with Crippen molar-refractivity contribution in [1.82, 2.24) is 9.97 Å². The van der Waals surface area contributed by atoms with Crippen LogP contribution in [0.1, 0.15) is 32.6 Å². The first-order valence-corrected chi connectivity index (χ1v) is 6.76. The van der Waals surface area contributed by atoms with Crippen molar-refractivity contribution in [2.45, 2.75) is 38.6 Å². The van der Waals surface area contributed by atoms with Crippen molar-refractivity contribution >= 4 is 23.1 Å². The summed E-state index contributed by atoms with van der Waals surface area (Å²) in [5, 5.41) is 11.1. The summed E-state index contributed by atoms with van der Waals surface area (Å²) in [7, 11) is 1.84. The molecule has 104 valence electrons. The first-order chi connectivity index (χ1) is 8.99. The van der Waals surface area contributed by atoms with Crippen LogP contribution in [0.25, 0.3) is 0 Å². The monoisotopic (exact) mass is 284 g/mol. The zero-order valence-corrected chi connectivity index (χ0v) is 11.8. The molecule has 0 spiro atoms. The second kappa shape index (κ2) is 5.69. The number of rotatable bonds is 3. The molecule has 1 aromatic heterocycles. The highest BCUT2D eigenvalue weighted by Crippen LogP contribution is 2.32. The lowest BCUT2D eigenvalue weighted by atomic mass is 9.87. The molecule has 1 heterocycles. The molecule has 2 rings (SSSR count). The van der Waals surface area contributed by atoms with Gasteiger partial charge in [-0.05, 0) is 43.2 Å². The molecule has 7 heteroatoms. The van der Waals surface area contributed by atoms with Gasteiger partial charge in [0.1, 0.15) is 6.20 Å². The molecule has 0 radical (unpaired) electrons. The number of anilines is 1. The van der Waals surface area contributed by atoms with Gasteiger partial charge in [-0.1, -0.05) is 6.92 Å². The number of nitro groups is 1. The SMILES string of the molecule is CC1CCC(N(C)c2nc(Cl)ncc2[N+](=O)[O-])CC1. The maximum atomic E-state index is 11.0. The first-order valence-electron chi connectivity index (χ1n) is 6.38.